The molecule has 2 heterocycles. The van der Waals surface area contributed by atoms with Gasteiger partial charge >= 0.3 is 0 Å². The van der Waals surface area contributed by atoms with Gasteiger partial charge in [-0.3, -0.25) is 19.1 Å². The first-order chi connectivity index (χ1) is 15.9. The van der Waals surface area contributed by atoms with Crippen LogP contribution in [-0.2, 0) is 17.9 Å². The van der Waals surface area contributed by atoms with Crippen molar-refractivity contribution in [1.82, 2.24) is 9.55 Å². The van der Waals surface area contributed by atoms with Gasteiger partial charge in [0, 0.05) is 11.6 Å². The van der Waals surface area contributed by atoms with Gasteiger partial charge in [-0.1, -0.05) is 17.7 Å². The average Bonchev–Trinajstić information content (AvgIpc) is 3.21. The van der Waals surface area contributed by atoms with Crippen LogP contribution < -0.4 is 20.5 Å². The number of aliphatic hydroxyl groups excluding tert-OH is 1. The molecular weight excluding hydrogens is 458 g/mol. The van der Waals surface area contributed by atoms with E-state index >= 15 is 0 Å². The summed E-state index contributed by atoms with van der Waals surface area (Å²) >= 11 is 6.12. The van der Waals surface area contributed by atoms with Crippen molar-refractivity contribution in [3.8, 4) is 5.88 Å². The lowest BCUT2D eigenvalue weighted by molar-refractivity contribution is -0.119. The van der Waals surface area contributed by atoms with Crippen molar-refractivity contribution >= 4 is 28.9 Å². The van der Waals surface area contributed by atoms with Crippen molar-refractivity contribution < 1.29 is 23.4 Å². The second-order valence-electron chi connectivity index (χ2n) is 7.30. The summed E-state index contributed by atoms with van der Waals surface area (Å²) in [6.07, 6.45) is 1.30. The molecule has 0 saturated heterocycles. The smallest absolute Gasteiger partial charge is 0.276 e. The molecule has 33 heavy (non-hydrogen) atoms. The molecule has 1 aliphatic rings. The van der Waals surface area contributed by atoms with Gasteiger partial charge in [0.05, 0.1) is 37.6 Å². The first-order valence-corrected chi connectivity index (χ1v) is 10.3. The molecule has 0 atom stereocenters. The highest BCUT2D eigenvalue weighted by atomic mass is 35.5. The summed E-state index contributed by atoms with van der Waals surface area (Å²) in [4.78, 5) is 30.3. The van der Waals surface area contributed by atoms with Crippen LogP contribution in [0.3, 0.4) is 0 Å². The van der Waals surface area contributed by atoms with Gasteiger partial charge in [-0.15, -0.1) is 0 Å². The molecule has 3 aromatic rings. The number of fused-ring (bicyclic) bond motifs is 1. The number of aliphatic hydroxyl groups is 1. The number of amides is 1. The third-order valence-corrected chi connectivity index (χ3v) is 5.41. The van der Waals surface area contributed by atoms with Gasteiger partial charge in [-0.2, -0.15) is 0 Å². The molecule has 8 nitrogen and oxygen atoms in total. The Balaban J connectivity index is 1.48. The number of rotatable bonds is 7. The Morgan fingerprint density at radius 3 is 2.82 bits per heavy atom. The summed E-state index contributed by atoms with van der Waals surface area (Å²) < 4.78 is 33.4. The van der Waals surface area contributed by atoms with Crippen LogP contribution in [0.1, 0.15) is 17.5 Å². The van der Waals surface area contributed by atoms with Crippen LogP contribution in [0.2, 0.25) is 5.02 Å². The molecule has 0 spiro atoms. The lowest BCUT2D eigenvalue weighted by atomic mass is 10.1. The molecule has 0 fully saturated rings. The summed E-state index contributed by atoms with van der Waals surface area (Å²) in [5.74, 6) is -1.84. The van der Waals surface area contributed by atoms with Crippen LogP contribution in [0.4, 0.5) is 20.2 Å². The van der Waals surface area contributed by atoms with E-state index in [9.17, 15) is 18.4 Å². The maximum Gasteiger partial charge on any atom is 0.276 e. The van der Waals surface area contributed by atoms with E-state index in [1.54, 1.807) is 12.1 Å². The minimum absolute atomic E-state index is 0.0324. The van der Waals surface area contributed by atoms with Gasteiger partial charge in [0.15, 0.2) is 5.02 Å². The molecule has 1 amide bonds. The number of benzene rings is 2. The second kappa shape index (κ2) is 9.55. The Bertz CT molecular complexity index is 1270. The van der Waals surface area contributed by atoms with Crippen LogP contribution in [0, 0.1) is 11.6 Å². The highest BCUT2D eigenvalue weighted by Crippen LogP contribution is 2.32. The highest BCUT2D eigenvalue weighted by molar-refractivity contribution is 6.31. The van der Waals surface area contributed by atoms with Crippen molar-refractivity contribution in [2.75, 3.05) is 23.5 Å². The molecule has 172 valence electrons. The van der Waals surface area contributed by atoms with Gasteiger partial charge in [0.2, 0.25) is 11.8 Å². The fraction of sp³-hybridized carbons (Fsp3) is 0.227. The van der Waals surface area contributed by atoms with E-state index in [1.165, 1.54) is 21.9 Å². The summed E-state index contributed by atoms with van der Waals surface area (Å²) in [6, 6.07) is 8.41. The van der Waals surface area contributed by atoms with E-state index in [0.717, 1.165) is 23.4 Å². The Morgan fingerprint density at radius 1 is 1.24 bits per heavy atom. The van der Waals surface area contributed by atoms with Gasteiger partial charge in [0.25, 0.3) is 5.56 Å². The molecule has 0 saturated carbocycles. The number of carbonyl (C=O) groups excluding carboxylic acids is 1. The van der Waals surface area contributed by atoms with Crippen molar-refractivity contribution in [3.63, 3.8) is 0 Å². The maximum absolute atomic E-state index is 13.8. The third kappa shape index (κ3) is 4.81. The van der Waals surface area contributed by atoms with Crippen LogP contribution in [0.5, 0.6) is 5.88 Å². The number of hydrogen-bond acceptors (Lipinski definition) is 6. The minimum atomic E-state index is -0.777. The van der Waals surface area contributed by atoms with Gasteiger partial charge in [-0.25, -0.2) is 13.8 Å². The molecule has 1 aromatic heterocycles. The zero-order chi connectivity index (χ0) is 23.5. The zero-order valence-electron chi connectivity index (χ0n) is 17.2. The molecule has 2 N–H and O–H groups in total. The first-order valence-electron chi connectivity index (χ1n) is 9.97. The number of hydrogen-bond donors (Lipinski definition) is 2. The van der Waals surface area contributed by atoms with Crippen LogP contribution in [-0.4, -0.2) is 33.8 Å². The van der Waals surface area contributed by atoms with Crippen molar-refractivity contribution in [3.05, 3.63) is 80.9 Å². The summed E-state index contributed by atoms with van der Waals surface area (Å²) in [5.41, 5.74) is 1.73. The number of carbonyl (C=O) groups is 1. The van der Waals surface area contributed by atoms with E-state index in [2.05, 4.69) is 10.3 Å². The van der Waals surface area contributed by atoms with Crippen molar-refractivity contribution in [1.29, 1.82) is 0 Å². The summed E-state index contributed by atoms with van der Waals surface area (Å²) in [6.45, 7) is -0.0358. The SMILES string of the molecule is O=C(CCO)N1CNc2cc(Cn3cnc(OCc4ccc(F)cc4F)c(Cl)c3=O)ccc21. The highest BCUT2D eigenvalue weighted by Gasteiger charge is 2.24. The van der Waals surface area contributed by atoms with E-state index in [-0.39, 0.29) is 48.6 Å². The number of ether oxygens (including phenoxy) is 1. The molecule has 0 aliphatic carbocycles. The minimum Gasteiger partial charge on any atom is -0.471 e. The molecule has 0 unspecified atom stereocenters. The largest absolute Gasteiger partial charge is 0.471 e. The maximum atomic E-state index is 13.8. The topological polar surface area (TPSA) is 96.7 Å². The molecule has 11 heteroatoms. The Hall–Kier alpha value is -3.50. The third-order valence-electron chi connectivity index (χ3n) is 5.09. The second-order valence-corrected chi connectivity index (χ2v) is 7.68. The predicted octanol–water partition coefficient (Wildman–Crippen LogP) is 2.90. The fourth-order valence-electron chi connectivity index (χ4n) is 3.40. The molecular formula is C22H19ClF2N4O4. The lowest BCUT2D eigenvalue weighted by Crippen LogP contribution is -2.30. The predicted molar refractivity (Wildman–Crippen MR) is 117 cm³/mol. The fourth-order valence-corrected chi connectivity index (χ4v) is 3.62. The molecule has 0 bridgehead atoms. The van der Waals surface area contributed by atoms with E-state index in [1.807, 2.05) is 6.07 Å². The quantitative estimate of drug-likeness (QED) is 0.544. The normalized spacial score (nSPS) is 12.4. The number of aromatic nitrogens is 2. The molecule has 0 radical (unpaired) electrons. The number of nitrogens with zero attached hydrogens (tertiary/aromatic N) is 3. The standard InChI is InChI=1S/C22H19ClF2N4O4/c23-20-21(33-10-14-2-3-15(24)8-16(14)25)27-11-28(22(20)32)9-13-1-4-18-17(7-13)26-12-29(18)19(31)5-6-30/h1-4,7-8,11,26,30H,5-6,9-10,12H2. The zero-order valence-corrected chi connectivity index (χ0v) is 18.0. The van der Waals surface area contributed by atoms with Crippen LogP contribution in [0.15, 0.2) is 47.5 Å². The molecule has 1 aliphatic heterocycles. The van der Waals surface area contributed by atoms with Gasteiger partial charge in [0.1, 0.15) is 24.6 Å². The lowest BCUT2D eigenvalue weighted by Gasteiger charge is -2.15. The van der Waals surface area contributed by atoms with Gasteiger partial charge in [-0.05, 0) is 29.8 Å². The molecule has 2 aromatic carbocycles. The van der Waals surface area contributed by atoms with E-state index in [4.69, 9.17) is 21.4 Å². The van der Waals surface area contributed by atoms with Crippen LogP contribution in [0.25, 0.3) is 0 Å². The summed E-state index contributed by atoms with van der Waals surface area (Å²) in [7, 11) is 0. The van der Waals surface area contributed by atoms with Gasteiger partial charge < -0.3 is 15.2 Å². The summed E-state index contributed by atoms with van der Waals surface area (Å²) in [5, 5.41) is 11.8. The van der Waals surface area contributed by atoms with E-state index < -0.39 is 17.2 Å². The number of anilines is 2. The average molecular weight is 477 g/mol. The van der Waals surface area contributed by atoms with E-state index in [0.29, 0.717) is 12.4 Å². The monoisotopic (exact) mass is 476 g/mol. The van der Waals surface area contributed by atoms with Crippen molar-refractivity contribution in [2.45, 2.75) is 19.6 Å². The Morgan fingerprint density at radius 2 is 2.06 bits per heavy atom. The van der Waals surface area contributed by atoms with Crippen LogP contribution >= 0.6 is 11.6 Å². The number of nitrogens with one attached hydrogen (secondary N) is 1. The van der Waals surface area contributed by atoms with Crippen molar-refractivity contribution in [2.24, 2.45) is 0 Å². The first kappa shape index (κ1) is 22.7. The molecule has 4 rings (SSSR count). The number of halogens is 3. The Kier molecular flexibility index (Phi) is 6.57. The Labute approximate surface area is 192 Å².